The number of carbonyl (C=O) groups is 1. The van der Waals surface area contributed by atoms with E-state index in [1.54, 1.807) is 19.9 Å². The third kappa shape index (κ3) is 2.89. The molecule has 4 nitrogen and oxygen atoms in total. The van der Waals surface area contributed by atoms with Gasteiger partial charge in [0, 0.05) is 0 Å². The molecule has 68 valence electrons. The molecule has 2 atom stereocenters. The molecule has 0 aliphatic rings. The quantitative estimate of drug-likeness (QED) is 0.649. The Balaban J connectivity index is 4.31. The third-order valence-electron chi connectivity index (χ3n) is 1.72. The van der Waals surface area contributed by atoms with Crippen molar-refractivity contribution in [2.24, 2.45) is 11.8 Å². The maximum Gasteiger partial charge on any atom is 0.309 e. The SMILES string of the molecule is CC(C)C(C(=O)O)C(O)CC#N. The molecule has 12 heavy (non-hydrogen) atoms. The molecule has 0 aliphatic heterocycles. The number of aliphatic hydroxyl groups excluding tert-OH is 1. The van der Waals surface area contributed by atoms with Crippen LogP contribution in [0.1, 0.15) is 20.3 Å². The zero-order chi connectivity index (χ0) is 9.72. The van der Waals surface area contributed by atoms with Crippen molar-refractivity contribution in [3.05, 3.63) is 0 Å². The smallest absolute Gasteiger partial charge is 0.309 e. The number of carboxylic acid groups (broad SMARTS) is 1. The van der Waals surface area contributed by atoms with E-state index in [2.05, 4.69) is 0 Å². The highest BCUT2D eigenvalue weighted by Crippen LogP contribution is 2.17. The number of nitriles is 1. The van der Waals surface area contributed by atoms with E-state index < -0.39 is 18.0 Å². The minimum Gasteiger partial charge on any atom is -0.481 e. The number of rotatable bonds is 4. The van der Waals surface area contributed by atoms with Crippen LogP contribution in [-0.2, 0) is 4.79 Å². The van der Waals surface area contributed by atoms with Crippen molar-refractivity contribution >= 4 is 5.97 Å². The number of hydrogen-bond donors (Lipinski definition) is 2. The second-order valence-electron chi connectivity index (χ2n) is 3.04. The molecule has 0 spiro atoms. The second kappa shape index (κ2) is 4.73. The van der Waals surface area contributed by atoms with Crippen LogP contribution in [0.3, 0.4) is 0 Å². The summed E-state index contributed by atoms with van der Waals surface area (Å²) in [5.74, 6) is -2.05. The molecular weight excluding hydrogens is 158 g/mol. The highest BCUT2D eigenvalue weighted by molar-refractivity contribution is 5.71. The Kier molecular flexibility index (Phi) is 4.30. The number of aliphatic carboxylic acids is 1. The van der Waals surface area contributed by atoms with E-state index in [0.29, 0.717) is 0 Å². The van der Waals surface area contributed by atoms with Crippen LogP contribution >= 0.6 is 0 Å². The summed E-state index contributed by atoms with van der Waals surface area (Å²) in [5.41, 5.74) is 0. The molecule has 0 rings (SSSR count). The van der Waals surface area contributed by atoms with Gasteiger partial charge in [-0.25, -0.2) is 0 Å². The van der Waals surface area contributed by atoms with E-state index in [0.717, 1.165) is 0 Å². The highest BCUT2D eigenvalue weighted by Gasteiger charge is 2.29. The first-order valence-electron chi connectivity index (χ1n) is 3.78. The molecule has 0 saturated heterocycles. The second-order valence-corrected chi connectivity index (χ2v) is 3.04. The third-order valence-corrected chi connectivity index (χ3v) is 1.72. The van der Waals surface area contributed by atoms with Crippen LogP contribution in [0.4, 0.5) is 0 Å². The van der Waals surface area contributed by atoms with Crippen LogP contribution in [0.25, 0.3) is 0 Å². The standard InChI is InChI=1S/C8H13NO3/c1-5(2)7(8(11)12)6(10)3-4-9/h5-7,10H,3H2,1-2H3,(H,11,12). The Morgan fingerprint density at radius 3 is 2.33 bits per heavy atom. The van der Waals surface area contributed by atoms with E-state index >= 15 is 0 Å². The summed E-state index contributed by atoms with van der Waals surface area (Å²) in [5, 5.41) is 26.2. The van der Waals surface area contributed by atoms with Gasteiger partial charge >= 0.3 is 5.97 Å². The van der Waals surface area contributed by atoms with Crippen molar-refractivity contribution in [1.82, 2.24) is 0 Å². The lowest BCUT2D eigenvalue weighted by molar-refractivity contribution is -0.147. The van der Waals surface area contributed by atoms with Crippen molar-refractivity contribution in [2.75, 3.05) is 0 Å². The zero-order valence-electron chi connectivity index (χ0n) is 7.19. The van der Waals surface area contributed by atoms with Gasteiger partial charge in [-0.3, -0.25) is 4.79 Å². The molecule has 0 aliphatic carbocycles. The average Bonchev–Trinajstić information content (AvgIpc) is 1.85. The van der Waals surface area contributed by atoms with E-state index in [1.165, 1.54) is 0 Å². The molecule has 2 N–H and O–H groups in total. The van der Waals surface area contributed by atoms with Crippen LogP contribution in [0.2, 0.25) is 0 Å². The molecule has 0 bridgehead atoms. The van der Waals surface area contributed by atoms with Crippen LogP contribution in [0.5, 0.6) is 0 Å². The lowest BCUT2D eigenvalue weighted by atomic mass is 9.89. The van der Waals surface area contributed by atoms with Gasteiger partial charge in [-0.05, 0) is 5.92 Å². The number of nitrogens with zero attached hydrogens (tertiary/aromatic N) is 1. The molecule has 0 aromatic carbocycles. The van der Waals surface area contributed by atoms with E-state index in [4.69, 9.17) is 10.4 Å². The number of hydrogen-bond acceptors (Lipinski definition) is 3. The maximum atomic E-state index is 10.6. The number of carboxylic acids is 1. The first-order chi connectivity index (χ1) is 5.50. The molecule has 0 radical (unpaired) electrons. The van der Waals surface area contributed by atoms with Gasteiger partial charge in [0.2, 0.25) is 0 Å². The Morgan fingerprint density at radius 2 is 2.08 bits per heavy atom. The van der Waals surface area contributed by atoms with Crippen LogP contribution in [0.15, 0.2) is 0 Å². The molecule has 0 amide bonds. The van der Waals surface area contributed by atoms with E-state index in [1.807, 2.05) is 0 Å². The van der Waals surface area contributed by atoms with E-state index in [9.17, 15) is 9.90 Å². The van der Waals surface area contributed by atoms with Crippen molar-refractivity contribution < 1.29 is 15.0 Å². The predicted octanol–water partition coefficient (Wildman–Crippen LogP) is 0.618. The zero-order valence-corrected chi connectivity index (χ0v) is 7.19. The van der Waals surface area contributed by atoms with Gasteiger partial charge in [0.05, 0.1) is 24.5 Å². The fourth-order valence-corrected chi connectivity index (χ4v) is 1.11. The lowest BCUT2D eigenvalue weighted by Gasteiger charge is -2.19. The van der Waals surface area contributed by atoms with Gasteiger partial charge in [-0.1, -0.05) is 13.8 Å². The highest BCUT2D eigenvalue weighted by atomic mass is 16.4. The summed E-state index contributed by atoms with van der Waals surface area (Å²) < 4.78 is 0. The van der Waals surface area contributed by atoms with Crippen LogP contribution in [-0.4, -0.2) is 22.3 Å². The van der Waals surface area contributed by atoms with Crippen molar-refractivity contribution in [2.45, 2.75) is 26.4 Å². The summed E-state index contributed by atoms with van der Waals surface area (Å²) in [7, 11) is 0. The fourth-order valence-electron chi connectivity index (χ4n) is 1.11. The van der Waals surface area contributed by atoms with Gasteiger partial charge in [-0.2, -0.15) is 5.26 Å². The molecule has 0 fully saturated rings. The summed E-state index contributed by atoms with van der Waals surface area (Å²) >= 11 is 0. The Hall–Kier alpha value is -1.08. The lowest BCUT2D eigenvalue weighted by Crippen LogP contribution is -2.32. The predicted molar refractivity (Wildman–Crippen MR) is 42.2 cm³/mol. The number of aliphatic hydroxyl groups is 1. The molecule has 4 heteroatoms. The minimum absolute atomic E-state index is 0.130. The van der Waals surface area contributed by atoms with Gasteiger partial charge in [0.25, 0.3) is 0 Å². The molecule has 2 unspecified atom stereocenters. The van der Waals surface area contributed by atoms with Crippen molar-refractivity contribution in [3.63, 3.8) is 0 Å². The molecule has 0 aromatic heterocycles. The van der Waals surface area contributed by atoms with Crippen molar-refractivity contribution in [1.29, 1.82) is 5.26 Å². The molecule has 0 aromatic rings. The fraction of sp³-hybridized carbons (Fsp3) is 0.750. The van der Waals surface area contributed by atoms with Gasteiger partial charge in [0.15, 0.2) is 0 Å². The summed E-state index contributed by atoms with van der Waals surface area (Å²) in [6.45, 7) is 3.42. The van der Waals surface area contributed by atoms with Crippen molar-refractivity contribution in [3.8, 4) is 6.07 Å². The first-order valence-corrected chi connectivity index (χ1v) is 3.78. The normalized spacial score (nSPS) is 15.2. The average molecular weight is 171 g/mol. The molecular formula is C8H13NO3. The summed E-state index contributed by atoms with van der Waals surface area (Å²) in [6.07, 6.45) is -1.19. The van der Waals surface area contributed by atoms with Gasteiger partial charge in [0.1, 0.15) is 0 Å². The largest absolute Gasteiger partial charge is 0.481 e. The minimum atomic E-state index is -1.06. The Morgan fingerprint density at radius 1 is 1.58 bits per heavy atom. The topological polar surface area (TPSA) is 81.3 Å². The van der Waals surface area contributed by atoms with Crippen LogP contribution < -0.4 is 0 Å². The van der Waals surface area contributed by atoms with E-state index in [-0.39, 0.29) is 12.3 Å². The Labute approximate surface area is 71.4 Å². The molecule has 0 saturated carbocycles. The molecule has 0 heterocycles. The first kappa shape index (κ1) is 10.9. The summed E-state index contributed by atoms with van der Waals surface area (Å²) in [4.78, 5) is 10.6. The monoisotopic (exact) mass is 171 g/mol. The van der Waals surface area contributed by atoms with Crippen LogP contribution in [0, 0.1) is 23.2 Å². The van der Waals surface area contributed by atoms with Gasteiger partial charge in [-0.15, -0.1) is 0 Å². The van der Waals surface area contributed by atoms with Gasteiger partial charge < -0.3 is 10.2 Å². The Bertz CT molecular complexity index is 195. The maximum absolute atomic E-state index is 10.6. The summed E-state index contributed by atoms with van der Waals surface area (Å²) in [6, 6.07) is 1.74.